The third-order valence-electron chi connectivity index (χ3n) is 4.65. The van der Waals surface area contributed by atoms with E-state index in [4.69, 9.17) is 4.74 Å². The number of aromatic nitrogens is 2. The molecule has 0 aliphatic carbocycles. The fourth-order valence-electron chi connectivity index (χ4n) is 3.41. The Morgan fingerprint density at radius 3 is 2.76 bits per heavy atom. The highest BCUT2D eigenvalue weighted by Crippen LogP contribution is 2.22. The summed E-state index contributed by atoms with van der Waals surface area (Å²) in [5.41, 5.74) is 1.01. The molecule has 142 valence electrons. The van der Waals surface area contributed by atoms with Gasteiger partial charge >= 0.3 is 0 Å². The summed E-state index contributed by atoms with van der Waals surface area (Å²) in [5, 5.41) is 0.220. The Bertz CT molecular complexity index is 661. The normalized spacial score (nSPS) is 22.8. The molecule has 0 saturated carbocycles. The summed E-state index contributed by atoms with van der Waals surface area (Å²) in [6.45, 7) is 8.44. The summed E-state index contributed by atoms with van der Waals surface area (Å²) in [5.74, 6) is 2.69. The summed E-state index contributed by atoms with van der Waals surface area (Å²) < 4.78 is 33.3. The smallest absolute Gasteiger partial charge is 0.227 e. The standard InChI is InChI=1S/C17H29N3O3S2/c1-14(2)11-20-15(12-19-5-8-24-9-6-19)10-18-17(20)25(21,22)13-16-4-3-7-23-16/h10,14,16H,3-9,11-13H2,1-2H3/t16-/m0/s1. The van der Waals surface area contributed by atoms with E-state index in [-0.39, 0.29) is 17.0 Å². The molecule has 1 aromatic rings. The van der Waals surface area contributed by atoms with E-state index < -0.39 is 9.84 Å². The minimum Gasteiger partial charge on any atom is -0.377 e. The summed E-state index contributed by atoms with van der Waals surface area (Å²) >= 11 is 1.98. The zero-order valence-corrected chi connectivity index (χ0v) is 16.8. The first kappa shape index (κ1) is 19.2. The third kappa shape index (κ3) is 4.99. The molecule has 0 radical (unpaired) electrons. The number of ether oxygens (including phenoxy) is 1. The second-order valence-corrected chi connectivity index (χ2v) is 10.5. The predicted molar refractivity (Wildman–Crippen MR) is 101 cm³/mol. The average Bonchev–Trinajstić information content (AvgIpc) is 3.18. The van der Waals surface area contributed by atoms with Crippen molar-refractivity contribution in [1.29, 1.82) is 0 Å². The molecule has 1 atom stereocenters. The first-order valence-corrected chi connectivity index (χ1v) is 12.0. The van der Waals surface area contributed by atoms with Gasteiger partial charge in [0.05, 0.1) is 23.7 Å². The maximum absolute atomic E-state index is 12.9. The van der Waals surface area contributed by atoms with Crippen LogP contribution >= 0.6 is 11.8 Å². The van der Waals surface area contributed by atoms with Crippen LogP contribution in [0.25, 0.3) is 0 Å². The molecule has 2 aliphatic rings. The number of imidazole rings is 1. The Balaban J connectivity index is 1.82. The zero-order valence-electron chi connectivity index (χ0n) is 15.2. The lowest BCUT2D eigenvalue weighted by molar-refractivity contribution is 0.127. The van der Waals surface area contributed by atoms with Crippen molar-refractivity contribution in [3.63, 3.8) is 0 Å². The minimum absolute atomic E-state index is 0.0436. The molecule has 0 N–H and O–H groups in total. The van der Waals surface area contributed by atoms with Gasteiger partial charge in [-0.3, -0.25) is 4.90 Å². The largest absolute Gasteiger partial charge is 0.377 e. The zero-order chi connectivity index (χ0) is 17.9. The molecular formula is C17H29N3O3S2. The molecule has 8 heteroatoms. The summed E-state index contributed by atoms with van der Waals surface area (Å²) in [6, 6.07) is 0. The topological polar surface area (TPSA) is 64.4 Å². The molecule has 6 nitrogen and oxygen atoms in total. The Labute approximate surface area is 155 Å². The first-order valence-electron chi connectivity index (χ1n) is 9.14. The Hall–Kier alpha value is -0.570. The summed E-state index contributed by atoms with van der Waals surface area (Å²) in [7, 11) is -3.44. The van der Waals surface area contributed by atoms with Gasteiger partial charge in [-0.05, 0) is 18.8 Å². The van der Waals surface area contributed by atoms with Crippen LogP contribution < -0.4 is 0 Å². The highest BCUT2D eigenvalue weighted by molar-refractivity contribution is 7.99. The van der Waals surface area contributed by atoms with Gasteiger partial charge in [0, 0.05) is 44.3 Å². The van der Waals surface area contributed by atoms with Crippen molar-refractivity contribution < 1.29 is 13.2 Å². The molecule has 0 bridgehead atoms. The van der Waals surface area contributed by atoms with E-state index in [2.05, 4.69) is 23.7 Å². The van der Waals surface area contributed by atoms with Gasteiger partial charge in [0.2, 0.25) is 15.0 Å². The number of nitrogens with zero attached hydrogens (tertiary/aromatic N) is 3. The molecule has 1 aromatic heterocycles. The molecular weight excluding hydrogens is 358 g/mol. The number of thioether (sulfide) groups is 1. The van der Waals surface area contributed by atoms with Crippen molar-refractivity contribution in [3.05, 3.63) is 11.9 Å². The fourth-order valence-corrected chi connectivity index (χ4v) is 6.03. The van der Waals surface area contributed by atoms with Gasteiger partial charge in [-0.25, -0.2) is 13.4 Å². The molecule has 3 heterocycles. The quantitative estimate of drug-likeness (QED) is 0.713. The minimum atomic E-state index is -3.44. The van der Waals surface area contributed by atoms with E-state index in [1.165, 1.54) is 0 Å². The van der Waals surface area contributed by atoms with Crippen LogP contribution in [0, 0.1) is 5.92 Å². The van der Waals surface area contributed by atoms with Gasteiger partial charge in [0.1, 0.15) is 0 Å². The highest BCUT2D eigenvalue weighted by Gasteiger charge is 2.30. The van der Waals surface area contributed by atoms with E-state index in [1.54, 1.807) is 6.20 Å². The van der Waals surface area contributed by atoms with Gasteiger partial charge < -0.3 is 9.30 Å². The molecule has 25 heavy (non-hydrogen) atoms. The average molecular weight is 388 g/mol. The van der Waals surface area contributed by atoms with Crippen molar-refractivity contribution in [3.8, 4) is 0 Å². The molecule has 2 aliphatic heterocycles. The number of hydrogen-bond donors (Lipinski definition) is 0. The SMILES string of the molecule is CC(C)Cn1c(CN2CCSCC2)cnc1S(=O)(=O)C[C@@H]1CCCO1. The number of hydrogen-bond acceptors (Lipinski definition) is 6. The van der Waals surface area contributed by atoms with Crippen LogP contribution in [0.5, 0.6) is 0 Å². The van der Waals surface area contributed by atoms with Gasteiger partial charge in [-0.1, -0.05) is 13.8 Å². The second kappa shape index (κ2) is 8.41. The van der Waals surface area contributed by atoms with Crippen LogP contribution in [-0.2, 0) is 27.7 Å². The third-order valence-corrected chi connectivity index (χ3v) is 7.28. The molecule has 0 amide bonds. The molecule has 0 aromatic carbocycles. The van der Waals surface area contributed by atoms with E-state index >= 15 is 0 Å². The molecule has 3 rings (SSSR count). The highest BCUT2D eigenvalue weighted by atomic mass is 32.2. The van der Waals surface area contributed by atoms with Crippen molar-refractivity contribution in [1.82, 2.24) is 14.5 Å². The Kier molecular flexibility index (Phi) is 6.46. The molecule has 0 unspecified atom stereocenters. The molecule has 2 fully saturated rings. The first-order chi connectivity index (χ1) is 12.0. The lowest BCUT2D eigenvalue weighted by atomic mass is 10.2. The Morgan fingerprint density at radius 2 is 2.12 bits per heavy atom. The van der Waals surface area contributed by atoms with Crippen LogP contribution in [0.4, 0.5) is 0 Å². The Morgan fingerprint density at radius 1 is 1.36 bits per heavy atom. The number of sulfone groups is 1. The summed E-state index contributed by atoms with van der Waals surface area (Å²) in [6.07, 6.45) is 3.34. The van der Waals surface area contributed by atoms with Crippen LogP contribution in [0.2, 0.25) is 0 Å². The van der Waals surface area contributed by atoms with Crippen molar-refractivity contribution in [2.45, 2.75) is 51.0 Å². The van der Waals surface area contributed by atoms with E-state index in [0.29, 0.717) is 19.1 Å². The van der Waals surface area contributed by atoms with Crippen LogP contribution in [-0.4, -0.2) is 65.9 Å². The van der Waals surface area contributed by atoms with E-state index in [9.17, 15) is 8.42 Å². The van der Waals surface area contributed by atoms with E-state index in [0.717, 1.165) is 49.7 Å². The van der Waals surface area contributed by atoms with Crippen LogP contribution in [0.1, 0.15) is 32.4 Å². The monoisotopic (exact) mass is 387 g/mol. The van der Waals surface area contributed by atoms with Crippen LogP contribution in [0.15, 0.2) is 11.4 Å². The molecule has 2 saturated heterocycles. The maximum Gasteiger partial charge on any atom is 0.227 e. The van der Waals surface area contributed by atoms with Crippen LogP contribution in [0.3, 0.4) is 0 Å². The fraction of sp³-hybridized carbons (Fsp3) is 0.824. The van der Waals surface area contributed by atoms with Gasteiger partial charge in [-0.15, -0.1) is 0 Å². The lowest BCUT2D eigenvalue weighted by Crippen LogP contribution is -2.33. The predicted octanol–water partition coefficient (Wildman–Crippen LogP) is 2.04. The van der Waals surface area contributed by atoms with Crippen molar-refractivity contribution in [2.75, 3.05) is 37.0 Å². The lowest BCUT2D eigenvalue weighted by Gasteiger charge is -2.26. The molecule has 0 spiro atoms. The van der Waals surface area contributed by atoms with Gasteiger partial charge in [-0.2, -0.15) is 11.8 Å². The maximum atomic E-state index is 12.9. The van der Waals surface area contributed by atoms with Gasteiger partial charge in [0.15, 0.2) is 0 Å². The van der Waals surface area contributed by atoms with Crippen molar-refractivity contribution >= 4 is 21.6 Å². The summed E-state index contributed by atoms with van der Waals surface area (Å²) in [4.78, 5) is 6.73. The van der Waals surface area contributed by atoms with E-state index in [1.807, 2.05) is 16.3 Å². The van der Waals surface area contributed by atoms with Gasteiger partial charge in [0.25, 0.3) is 0 Å². The number of rotatable bonds is 7. The van der Waals surface area contributed by atoms with Crippen molar-refractivity contribution in [2.24, 2.45) is 5.92 Å². The second-order valence-electron chi connectivity index (χ2n) is 7.34.